The number of hydrogen-bond acceptors (Lipinski definition) is 3. The summed E-state index contributed by atoms with van der Waals surface area (Å²) in [6.07, 6.45) is -2.79. The molecule has 0 spiro atoms. The monoisotopic (exact) mass is 167 g/mol. The van der Waals surface area contributed by atoms with Gasteiger partial charge in [0.25, 0.3) is 6.43 Å². The normalized spacial score (nSPS) is 16.2. The number of nitrogens with two attached hydrogens (primary N) is 1. The summed E-state index contributed by atoms with van der Waals surface area (Å²) in [6.45, 7) is 0.654. The predicted octanol–water partition coefficient (Wildman–Crippen LogP) is 0.389. The molecular weight excluding hydrogens is 156 g/mol. The number of hydrogen-bond donors (Lipinski definition) is 1. The molecule has 0 saturated carbocycles. The zero-order valence-electron chi connectivity index (χ0n) is 6.43. The summed E-state index contributed by atoms with van der Waals surface area (Å²) in [5.41, 5.74) is 3.14. The van der Waals surface area contributed by atoms with Gasteiger partial charge in [0.2, 0.25) is 0 Å². The first-order valence-corrected chi connectivity index (χ1v) is 3.05. The van der Waals surface area contributed by atoms with Crippen LogP contribution in [-0.2, 0) is 9.53 Å². The lowest BCUT2D eigenvalue weighted by Crippen LogP contribution is -2.42. The zero-order chi connectivity index (χ0) is 9.07. The van der Waals surface area contributed by atoms with E-state index in [0.717, 1.165) is 14.0 Å². The van der Waals surface area contributed by atoms with Crippen LogP contribution in [0.25, 0.3) is 0 Å². The van der Waals surface area contributed by atoms with E-state index in [9.17, 15) is 13.6 Å². The summed E-state index contributed by atoms with van der Waals surface area (Å²) < 4.78 is 28.4. The van der Waals surface area contributed by atoms with Crippen LogP contribution in [0, 0.1) is 5.41 Å². The lowest BCUT2D eigenvalue weighted by Gasteiger charge is -2.22. The molecular formula is C6H11F2NO2. The highest BCUT2D eigenvalue weighted by Gasteiger charge is 2.42. The molecule has 0 aromatic heterocycles. The van der Waals surface area contributed by atoms with Crippen molar-refractivity contribution in [3.8, 4) is 0 Å². The van der Waals surface area contributed by atoms with E-state index in [1.54, 1.807) is 0 Å². The van der Waals surface area contributed by atoms with Crippen LogP contribution in [0.15, 0.2) is 0 Å². The Kier molecular flexibility index (Phi) is 3.38. The molecule has 0 bridgehead atoms. The molecule has 1 atom stereocenters. The number of methoxy groups -OCH3 is 1. The number of alkyl halides is 2. The van der Waals surface area contributed by atoms with Gasteiger partial charge in [0.15, 0.2) is 0 Å². The summed E-state index contributed by atoms with van der Waals surface area (Å²) in [6, 6.07) is 0. The number of ether oxygens (including phenoxy) is 1. The second-order valence-corrected chi connectivity index (χ2v) is 2.41. The average Bonchev–Trinajstić information content (AvgIpc) is 2.01. The highest BCUT2D eigenvalue weighted by molar-refractivity contribution is 5.77. The number of halogens is 2. The maximum Gasteiger partial charge on any atom is 0.318 e. The van der Waals surface area contributed by atoms with Gasteiger partial charge in [0, 0.05) is 6.54 Å². The van der Waals surface area contributed by atoms with Crippen LogP contribution >= 0.6 is 0 Å². The molecule has 0 aliphatic carbocycles. The minimum Gasteiger partial charge on any atom is -0.468 e. The third kappa shape index (κ3) is 1.86. The molecule has 0 radical (unpaired) electrons. The maximum absolute atomic E-state index is 12.1. The highest BCUT2D eigenvalue weighted by atomic mass is 19.3. The molecule has 0 aromatic carbocycles. The standard InChI is InChI=1S/C6H11F2NO2/c1-6(3-9,4(7)8)5(10)11-2/h4H,3,9H2,1-2H3. The number of rotatable bonds is 3. The highest BCUT2D eigenvalue weighted by Crippen LogP contribution is 2.25. The molecule has 2 N–H and O–H groups in total. The Morgan fingerprint density at radius 3 is 2.27 bits per heavy atom. The lowest BCUT2D eigenvalue weighted by atomic mass is 9.92. The summed E-state index contributed by atoms with van der Waals surface area (Å²) in [5.74, 6) is -0.977. The molecule has 0 amide bonds. The Hall–Kier alpha value is -0.710. The van der Waals surface area contributed by atoms with Gasteiger partial charge in [0.05, 0.1) is 7.11 Å². The van der Waals surface area contributed by atoms with Crippen molar-refractivity contribution in [1.82, 2.24) is 0 Å². The predicted molar refractivity (Wildman–Crippen MR) is 35.2 cm³/mol. The van der Waals surface area contributed by atoms with Gasteiger partial charge in [-0.05, 0) is 6.92 Å². The lowest BCUT2D eigenvalue weighted by molar-refractivity contribution is -0.160. The summed E-state index contributed by atoms with van der Waals surface area (Å²) in [7, 11) is 1.05. The van der Waals surface area contributed by atoms with Crippen molar-refractivity contribution in [3.63, 3.8) is 0 Å². The third-order valence-corrected chi connectivity index (χ3v) is 1.56. The molecule has 0 saturated heterocycles. The Morgan fingerprint density at radius 1 is 1.73 bits per heavy atom. The van der Waals surface area contributed by atoms with Crippen LogP contribution in [0.4, 0.5) is 8.78 Å². The first-order valence-electron chi connectivity index (χ1n) is 3.05. The number of carbonyl (C=O) groups is 1. The minimum absolute atomic E-state index is 0.419. The summed E-state index contributed by atoms with van der Waals surface area (Å²) in [4.78, 5) is 10.7. The van der Waals surface area contributed by atoms with Crippen LogP contribution in [0.3, 0.4) is 0 Å². The first kappa shape index (κ1) is 10.3. The molecule has 0 aliphatic heterocycles. The summed E-state index contributed by atoms with van der Waals surface area (Å²) >= 11 is 0. The molecule has 5 heteroatoms. The van der Waals surface area contributed by atoms with E-state index in [1.165, 1.54) is 0 Å². The van der Waals surface area contributed by atoms with Gasteiger partial charge in [-0.15, -0.1) is 0 Å². The van der Waals surface area contributed by atoms with Gasteiger partial charge in [0.1, 0.15) is 5.41 Å². The SMILES string of the molecule is COC(=O)C(C)(CN)C(F)F. The molecule has 1 unspecified atom stereocenters. The van der Waals surface area contributed by atoms with E-state index in [-0.39, 0.29) is 0 Å². The van der Waals surface area contributed by atoms with Crippen LogP contribution in [0.2, 0.25) is 0 Å². The Labute approximate surface area is 63.5 Å². The molecule has 0 aromatic rings. The van der Waals surface area contributed by atoms with Crippen LogP contribution in [-0.4, -0.2) is 26.0 Å². The van der Waals surface area contributed by atoms with Crippen LogP contribution in [0.5, 0.6) is 0 Å². The second-order valence-electron chi connectivity index (χ2n) is 2.41. The Bertz CT molecular complexity index is 152. The van der Waals surface area contributed by atoms with Gasteiger partial charge in [-0.3, -0.25) is 4.79 Å². The number of esters is 1. The van der Waals surface area contributed by atoms with E-state index < -0.39 is 24.4 Å². The smallest absolute Gasteiger partial charge is 0.318 e. The molecule has 11 heavy (non-hydrogen) atoms. The Morgan fingerprint density at radius 2 is 2.18 bits per heavy atom. The molecule has 3 nitrogen and oxygen atoms in total. The van der Waals surface area contributed by atoms with Gasteiger partial charge in [-0.1, -0.05) is 0 Å². The fourth-order valence-corrected chi connectivity index (χ4v) is 0.495. The quantitative estimate of drug-likeness (QED) is 0.618. The fraction of sp³-hybridized carbons (Fsp3) is 0.833. The van der Waals surface area contributed by atoms with Gasteiger partial charge in [-0.25, -0.2) is 8.78 Å². The van der Waals surface area contributed by atoms with Crippen LogP contribution in [0.1, 0.15) is 6.92 Å². The number of carbonyl (C=O) groups excluding carboxylic acids is 1. The molecule has 0 heterocycles. The van der Waals surface area contributed by atoms with E-state index in [1.807, 2.05) is 0 Å². The topological polar surface area (TPSA) is 52.3 Å². The van der Waals surface area contributed by atoms with Crippen molar-refractivity contribution in [2.24, 2.45) is 11.1 Å². The largest absolute Gasteiger partial charge is 0.468 e. The van der Waals surface area contributed by atoms with E-state index in [2.05, 4.69) is 4.74 Å². The van der Waals surface area contributed by atoms with Crippen molar-refractivity contribution < 1.29 is 18.3 Å². The van der Waals surface area contributed by atoms with Crippen molar-refractivity contribution >= 4 is 5.97 Å². The van der Waals surface area contributed by atoms with E-state index in [0.29, 0.717) is 0 Å². The van der Waals surface area contributed by atoms with Gasteiger partial charge >= 0.3 is 5.97 Å². The van der Waals surface area contributed by atoms with Crippen molar-refractivity contribution in [3.05, 3.63) is 0 Å². The van der Waals surface area contributed by atoms with Crippen molar-refractivity contribution in [2.75, 3.05) is 13.7 Å². The second kappa shape index (κ2) is 3.61. The molecule has 0 rings (SSSR count). The zero-order valence-corrected chi connectivity index (χ0v) is 6.43. The van der Waals surface area contributed by atoms with Crippen molar-refractivity contribution in [2.45, 2.75) is 13.3 Å². The first-order chi connectivity index (χ1) is 4.99. The molecule has 66 valence electrons. The van der Waals surface area contributed by atoms with Gasteiger partial charge in [-0.2, -0.15) is 0 Å². The van der Waals surface area contributed by atoms with Gasteiger partial charge < -0.3 is 10.5 Å². The van der Waals surface area contributed by atoms with E-state index >= 15 is 0 Å². The molecule has 0 aliphatic rings. The van der Waals surface area contributed by atoms with E-state index in [4.69, 9.17) is 5.73 Å². The summed E-state index contributed by atoms with van der Waals surface area (Å²) in [5, 5.41) is 0. The van der Waals surface area contributed by atoms with Crippen molar-refractivity contribution in [1.29, 1.82) is 0 Å². The Balaban J connectivity index is 4.45. The molecule has 0 fully saturated rings. The third-order valence-electron chi connectivity index (χ3n) is 1.56. The average molecular weight is 167 g/mol. The fourth-order valence-electron chi connectivity index (χ4n) is 0.495. The minimum atomic E-state index is -2.79. The van der Waals surface area contributed by atoms with Crippen LogP contribution < -0.4 is 5.73 Å². The maximum atomic E-state index is 12.1.